The predicted octanol–water partition coefficient (Wildman–Crippen LogP) is 5.27. The second kappa shape index (κ2) is 12.2. The normalized spacial score (nSPS) is 13.5. The lowest BCUT2D eigenvalue weighted by Gasteiger charge is -2.23. The Morgan fingerprint density at radius 1 is 0.930 bits per heavy atom. The third-order valence-electron chi connectivity index (χ3n) is 6.40. The second-order valence-corrected chi connectivity index (χ2v) is 13.6. The summed E-state index contributed by atoms with van der Waals surface area (Å²) in [7, 11) is 0. The number of aromatic nitrogens is 4. The maximum atomic E-state index is 13.1. The number of nitrogens with zero attached hydrogens (tertiary/aromatic N) is 3. The van der Waals surface area contributed by atoms with Gasteiger partial charge in [0.2, 0.25) is 0 Å². The Labute approximate surface area is 259 Å². The zero-order valence-electron chi connectivity index (χ0n) is 24.9. The van der Waals surface area contributed by atoms with Gasteiger partial charge in [0.25, 0.3) is 11.3 Å². The molecule has 230 valence electrons. The van der Waals surface area contributed by atoms with Gasteiger partial charge >= 0.3 is 11.3 Å². The number of hydrogen-bond donors (Lipinski definition) is 3. The van der Waals surface area contributed by atoms with Gasteiger partial charge in [-0.05, 0) is 64.4 Å². The van der Waals surface area contributed by atoms with Crippen LogP contribution in [0.3, 0.4) is 0 Å². The van der Waals surface area contributed by atoms with Gasteiger partial charge in [0.05, 0.1) is 16.9 Å². The number of H-pyrrole nitrogens is 1. The number of Topliss-reactive ketones (excluding diaryl/α,β-unsaturated/α-hetero) is 2. The van der Waals surface area contributed by atoms with Crippen LogP contribution in [0.15, 0.2) is 36.4 Å². The summed E-state index contributed by atoms with van der Waals surface area (Å²) >= 11 is 2.41. The zero-order valence-corrected chi connectivity index (χ0v) is 27.3. The first-order chi connectivity index (χ1) is 20.0. The van der Waals surface area contributed by atoms with Crippen LogP contribution in [0, 0.1) is 6.92 Å². The van der Waals surface area contributed by atoms with Crippen molar-refractivity contribution >= 4 is 57.0 Å². The molecule has 0 amide bonds. The lowest BCUT2D eigenvalue weighted by atomic mass is 9.92. The monoisotopic (exact) mass is 648 g/mol. The van der Waals surface area contributed by atoms with Gasteiger partial charge in [0.1, 0.15) is 16.5 Å². The number of fused-ring (bicyclic) bond motifs is 1. The van der Waals surface area contributed by atoms with E-state index in [2.05, 4.69) is 24.7 Å². The number of aromatic amines is 1. The van der Waals surface area contributed by atoms with Gasteiger partial charge in [0, 0.05) is 22.6 Å². The molecule has 15 heteroatoms. The Kier molecular flexibility index (Phi) is 9.16. The maximum Gasteiger partial charge on any atom is 0.316 e. The fourth-order valence-corrected chi connectivity index (χ4v) is 6.05. The minimum absolute atomic E-state index is 0.0837. The summed E-state index contributed by atoms with van der Waals surface area (Å²) in [4.78, 5) is 23.7. The van der Waals surface area contributed by atoms with Gasteiger partial charge in [0.15, 0.2) is 23.0 Å². The summed E-state index contributed by atoms with van der Waals surface area (Å²) in [5, 5.41) is 12.2. The van der Waals surface area contributed by atoms with Gasteiger partial charge in [-0.1, -0.05) is 38.4 Å². The van der Waals surface area contributed by atoms with Crippen LogP contribution in [0.25, 0.3) is 5.65 Å². The lowest BCUT2D eigenvalue weighted by Crippen LogP contribution is -2.41. The average Bonchev–Trinajstić information content (AvgIpc) is 3.46. The highest BCUT2D eigenvalue weighted by atomic mass is 35.5. The van der Waals surface area contributed by atoms with Crippen molar-refractivity contribution in [2.24, 2.45) is 0 Å². The number of carbonyl (C=O) groups excluding carboxylic acids is 2. The predicted molar refractivity (Wildman–Crippen MR) is 166 cm³/mol. The van der Waals surface area contributed by atoms with E-state index in [9.17, 15) is 18.0 Å². The highest BCUT2D eigenvalue weighted by molar-refractivity contribution is 7.82. The van der Waals surface area contributed by atoms with E-state index in [1.165, 1.54) is 38.1 Å². The molecule has 0 fully saturated rings. The first kappa shape index (κ1) is 32.3. The van der Waals surface area contributed by atoms with Gasteiger partial charge in [-0.15, -0.1) is 10.2 Å². The number of aryl methyl sites for hydroxylation is 1. The SMILES string of the molecule is CC(=O)c1cc(OS(=O)Nc2ccc(C)c(OS(=O)NC(C)(C)c3nnc4c(Cl)c(C(C)(C)C)[nH]n34)c2)cc(C(C)=O)c1. The summed E-state index contributed by atoms with van der Waals surface area (Å²) in [6, 6.07) is 9.12. The van der Waals surface area contributed by atoms with Crippen molar-refractivity contribution in [3.63, 3.8) is 0 Å². The average molecular weight is 649 g/mol. The van der Waals surface area contributed by atoms with E-state index in [1.54, 1.807) is 37.4 Å². The number of benzene rings is 2. The van der Waals surface area contributed by atoms with Crippen molar-refractivity contribution in [1.82, 2.24) is 24.5 Å². The molecule has 43 heavy (non-hydrogen) atoms. The number of ketones is 2. The number of nitrogens with one attached hydrogen (secondary N) is 3. The molecule has 0 aliphatic heterocycles. The molecule has 0 radical (unpaired) electrons. The van der Waals surface area contributed by atoms with Crippen molar-refractivity contribution in [2.45, 2.75) is 66.3 Å². The minimum Gasteiger partial charge on any atom is -0.389 e. The Morgan fingerprint density at radius 3 is 2.14 bits per heavy atom. The molecule has 0 aliphatic rings. The van der Waals surface area contributed by atoms with Gasteiger partial charge < -0.3 is 8.37 Å². The van der Waals surface area contributed by atoms with E-state index in [-0.39, 0.29) is 39.6 Å². The first-order valence-corrected chi connectivity index (χ1v) is 15.6. The van der Waals surface area contributed by atoms with Crippen molar-refractivity contribution in [3.05, 3.63) is 69.6 Å². The van der Waals surface area contributed by atoms with Crippen LogP contribution in [0.4, 0.5) is 5.69 Å². The van der Waals surface area contributed by atoms with Crippen LogP contribution >= 0.6 is 11.6 Å². The molecular weight excluding hydrogens is 616 g/mol. The van der Waals surface area contributed by atoms with E-state index in [4.69, 9.17) is 20.0 Å². The molecule has 2 aromatic heterocycles. The number of carbonyl (C=O) groups is 2. The minimum atomic E-state index is -2.10. The molecule has 0 saturated carbocycles. The molecule has 0 saturated heterocycles. The van der Waals surface area contributed by atoms with Gasteiger partial charge in [-0.2, -0.15) is 13.1 Å². The first-order valence-electron chi connectivity index (χ1n) is 13.1. The molecule has 12 nitrogen and oxygen atoms in total. The summed E-state index contributed by atoms with van der Waals surface area (Å²) in [5.74, 6) is 0.248. The quantitative estimate of drug-likeness (QED) is 0.186. The molecule has 2 atom stereocenters. The topological polar surface area (TPSA) is 157 Å². The smallest absolute Gasteiger partial charge is 0.316 e. The molecular formula is C28H33ClN6O6S2. The van der Waals surface area contributed by atoms with Crippen molar-refractivity contribution in [2.75, 3.05) is 4.72 Å². The fourth-order valence-electron chi connectivity index (χ4n) is 4.07. The third kappa shape index (κ3) is 7.32. The summed E-state index contributed by atoms with van der Waals surface area (Å²) in [6.07, 6.45) is 0. The van der Waals surface area contributed by atoms with Crippen molar-refractivity contribution in [3.8, 4) is 11.5 Å². The molecule has 0 spiro atoms. The maximum absolute atomic E-state index is 13.1. The van der Waals surface area contributed by atoms with Crippen LogP contribution in [0.1, 0.15) is 86.3 Å². The highest BCUT2D eigenvalue weighted by Gasteiger charge is 2.33. The number of rotatable bonds is 11. The standard InChI is InChI=1S/C28H33ClN6O6S2/c1-15-9-10-20(33-42(38)40-21-12-18(16(2)36)11-19(13-21)17(3)37)14-22(15)41-43(39)34-28(7,8)26-31-30-25-23(29)24(27(4,5)6)32-35(25)26/h9-14,32-34H,1-8H3. The zero-order chi connectivity index (χ0) is 31.9. The van der Waals surface area contributed by atoms with E-state index >= 15 is 0 Å². The van der Waals surface area contributed by atoms with E-state index in [0.717, 1.165) is 5.69 Å². The number of anilines is 1. The number of hydrogen-bond acceptors (Lipinski definition) is 8. The Morgan fingerprint density at radius 2 is 1.56 bits per heavy atom. The summed E-state index contributed by atoms with van der Waals surface area (Å²) < 4.78 is 44.3. The molecule has 0 bridgehead atoms. The Balaban J connectivity index is 1.47. The van der Waals surface area contributed by atoms with Crippen LogP contribution in [0.5, 0.6) is 11.5 Å². The van der Waals surface area contributed by atoms with E-state index < -0.39 is 28.1 Å². The van der Waals surface area contributed by atoms with Crippen LogP contribution in [0.2, 0.25) is 5.02 Å². The highest BCUT2D eigenvalue weighted by Crippen LogP contribution is 2.33. The molecule has 0 aliphatic carbocycles. The third-order valence-corrected chi connectivity index (χ3v) is 8.51. The second-order valence-electron chi connectivity index (χ2n) is 11.5. The van der Waals surface area contributed by atoms with Crippen LogP contribution in [-0.2, 0) is 33.5 Å². The van der Waals surface area contributed by atoms with E-state index in [1.807, 2.05) is 20.8 Å². The summed E-state index contributed by atoms with van der Waals surface area (Å²) in [5.41, 5.74) is 1.54. The van der Waals surface area contributed by atoms with Crippen LogP contribution in [-0.4, -0.2) is 39.8 Å². The molecule has 4 rings (SSSR count). The van der Waals surface area contributed by atoms with Crippen LogP contribution < -0.4 is 17.8 Å². The number of halogens is 1. The molecule has 4 aromatic rings. The van der Waals surface area contributed by atoms with Crippen molar-refractivity contribution < 1.29 is 26.4 Å². The molecule has 2 unspecified atom stereocenters. The fraction of sp³-hybridized carbons (Fsp3) is 0.357. The molecule has 2 heterocycles. The summed E-state index contributed by atoms with van der Waals surface area (Å²) in [6.45, 7) is 14.1. The van der Waals surface area contributed by atoms with Crippen molar-refractivity contribution in [1.29, 1.82) is 0 Å². The Bertz CT molecular complexity index is 1740. The molecule has 3 N–H and O–H groups in total. The van der Waals surface area contributed by atoms with Gasteiger partial charge in [-0.3, -0.25) is 19.4 Å². The lowest BCUT2D eigenvalue weighted by molar-refractivity contribution is 0.101. The largest absolute Gasteiger partial charge is 0.389 e. The van der Waals surface area contributed by atoms with E-state index in [0.29, 0.717) is 27.7 Å². The Hall–Kier alpha value is -3.59. The molecule has 2 aromatic carbocycles. The van der Waals surface area contributed by atoms with Gasteiger partial charge in [-0.25, -0.2) is 4.52 Å².